The smallest absolute Gasteiger partial charge is 0.253 e. The van der Waals surface area contributed by atoms with E-state index in [1.54, 1.807) is 35.9 Å². The summed E-state index contributed by atoms with van der Waals surface area (Å²) < 4.78 is 21.8. The fraction of sp³-hybridized carbons (Fsp3) is 0.207. The zero-order valence-electron chi connectivity index (χ0n) is 21.0. The van der Waals surface area contributed by atoms with E-state index in [-0.39, 0.29) is 18.7 Å². The molecule has 3 heterocycles. The predicted molar refractivity (Wildman–Crippen MR) is 141 cm³/mol. The van der Waals surface area contributed by atoms with Gasteiger partial charge in [0.05, 0.1) is 18.4 Å². The van der Waals surface area contributed by atoms with Gasteiger partial charge < -0.3 is 14.2 Å². The lowest BCUT2D eigenvalue weighted by Crippen LogP contribution is -2.22. The van der Waals surface area contributed by atoms with Gasteiger partial charge in [-0.1, -0.05) is 30.9 Å². The number of aromatic nitrogens is 3. The Bertz CT molecular complexity index is 1520. The third kappa shape index (κ3) is 5.20. The molecule has 0 N–H and O–H groups in total. The Balaban J connectivity index is 1.71. The molecule has 0 radical (unpaired) electrons. The first-order valence-electron chi connectivity index (χ1n) is 11.6. The van der Waals surface area contributed by atoms with Gasteiger partial charge in [-0.25, -0.2) is 9.37 Å². The Morgan fingerprint density at radius 2 is 2.00 bits per heavy atom. The van der Waals surface area contributed by atoms with Gasteiger partial charge in [0.1, 0.15) is 23.7 Å². The van der Waals surface area contributed by atoms with Gasteiger partial charge in [0.15, 0.2) is 0 Å². The molecule has 184 valence electrons. The molecular weight excluding hydrogens is 455 g/mol. The van der Waals surface area contributed by atoms with Gasteiger partial charge >= 0.3 is 0 Å². The van der Waals surface area contributed by atoms with Crippen LogP contribution in [0.15, 0.2) is 78.4 Å². The summed E-state index contributed by atoms with van der Waals surface area (Å²) in [5.41, 5.74) is 5.23. The van der Waals surface area contributed by atoms with E-state index < -0.39 is 5.82 Å². The van der Waals surface area contributed by atoms with Crippen LogP contribution in [-0.2, 0) is 13.2 Å². The summed E-state index contributed by atoms with van der Waals surface area (Å²) in [7, 11) is 3.97. The summed E-state index contributed by atoms with van der Waals surface area (Å²) in [6, 6.07) is 12.8. The standard InChI is InChI=1S/C29H29FN4O2/c1-6-9-26(33(4)5)24-14-20(3)32-28-23(24)11-7-12-27(28)36-18-25-21(15-22(30)16-31-25)17-34-13-8-10-19(2)29(34)35/h6-16H,1,17-18H2,2-5H3/b26-9-. The maximum absolute atomic E-state index is 14.1. The highest BCUT2D eigenvalue weighted by Crippen LogP contribution is 2.32. The molecule has 7 heteroatoms. The van der Waals surface area contributed by atoms with Crippen LogP contribution in [0.25, 0.3) is 16.6 Å². The molecule has 0 aliphatic rings. The molecule has 0 spiro atoms. The van der Waals surface area contributed by atoms with Crippen LogP contribution in [0.5, 0.6) is 5.75 Å². The van der Waals surface area contributed by atoms with Crippen molar-refractivity contribution < 1.29 is 9.13 Å². The summed E-state index contributed by atoms with van der Waals surface area (Å²) in [6.45, 7) is 7.84. The predicted octanol–water partition coefficient (Wildman–Crippen LogP) is 5.26. The zero-order valence-corrected chi connectivity index (χ0v) is 21.0. The van der Waals surface area contributed by atoms with Gasteiger partial charge in [-0.05, 0) is 49.8 Å². The molecule has 0 saturated carbocycles. The Morgan fingerprint density at radius 1 is 1.19 bits per heavy atom. The highest BCUT2D eigenvalue weighted by atomic mass is 19.1. The maximum Gasteiger partial charge on any atom is 0.253 e. The Kier molecular flexibility index (Phi) is 7.29. The highest BCUT2D eigenvalue weighted by molar-refractivity contribution is 5.94. The number of allylic oxidation sites excluding steroid dienone is 2. The molecule has 0 amide bonds. The fourth-order valence-corrected chi connectivity index (χ4v) is 4.16. The lowest BCUT2D eigenvalue weighted by molar-refractivity contribution is 0.302. The van der Waals surface area contributed by atoms with Crippen molar-refractivity contribution in [3.63, 3.8) is 0 Å². The number of nitrogens with zero attached hydrogens (tertiary/aromatic N) is 4. The summed E-state index contributed by atoms with van der Waals surface area (Å²) >= 11 is 0. The van der Waals surface area contributed by atoms with Gasteiger partial charge in [-0.2, -0.15) is 0 Å². The highest BCUT2D eigenvalue weighted by Gasteiger charge is 2.15. The number of benzene rings is 1. The number of para-hydroxylation sites is 1. The van der Waals surface area contributed by atoms with Crippen LogP contribution < -0.4 is 10.3 Å². The molecule has 0 unspecified atom stereocenters. The molecular formula is C29H29FN4O2. The molecule has 36 heavy (non-hydrogen) atoms. The van der Waals surface area contributed by atoms with E-state index in [0.29, 0.717) is 22.6 Å². The first kappa shape index (κ1) is 24.9. The largest absolute Gasteiger partial charge is 0.485 e. The monoisotopic (exact) mass is 484 g/mol. The molecule has 0 atom stereocenters. The van der Waals surface area contributed by atoms with Crippen molar-refractivity contribution in [2.24, 2.45) is 0 Å². The van der Waals surface area contributed by atoms with E-state index in [0.717, 1.165) is 34.1 Å². The number of halogens is 1. The Labute approximate surface area is 210 Å². The second-order valence-corrected chi connectivity index (χ2v) is 8.82. The van der Waals surface area contributed by atoms with Crippen molar-refractivity contribution in [2.45, 2.75) is 27.0 Å². The van der Waals surface area contributed by atoms with Crippen LogP contribution >= 0.6 is 0 Å². The van der Waals surface area contributed by atoms with Crippen LogP contribution in [0.1, 0.15) is 28.1 Å². The molecule has 0 aliphatic heterocycles. The van der Waals surface area contributed by atoms with E-state index in [1.807, 2.05) is 56.3 Å². The van der Waals surface area contributed by atoms with Crippen molar-refractivity contribution in [3.05, 3.63) is 118 Å². The van der Waals surface area contributed by atoms with Gasteiger partial charge in [-0.15, -0.1) is 0 Å². The van der Waals surface area contributed by atoms with Crippen LogP contribution in [0.2, 0.25) is 0 Å². The normalized spacial score (nSPS) is 11.5. The number of aryl methyl sites for hydroxylation is 2. The van der Waals surface area contributed by atoms with Crippen molar-refractivity contribution in [3.8, 4) is 5.75 Å². The van der Waals surface area contributed by atoms with Crippen LogP contribution in [0, 0.1) is 19.7 Å². The van der Waals surface area contributed by atoms with E-state index in [1.165, 1.54) is 6.07 Å². The van der Waals surface area contributed by atoms with E-state index in [9.17, 15) is 9.18 Å². The number of hydrogen-bond acceptors (Lipinski definition) is 5. The Morgan fingerprint density at radius 3 is 2.75 bits per heavy atom. The number of fused-ring (bicyclic) bond motifs is 1. The minimum atomic E-state index is -0.466. The van der Waals surface area contributed by atoms with Crippen molar-refractivity contribution in [1.29, 1.82) is 0 Å². The molecule has 6 nitrogen and oxygen atoms in total. The minimum absolute atomic E-state index is 0.100. The number of hydrogen-bond donors (Lipinski definition) is 0. The summed E-state index contributed by atoms with van der Waals surface area (Å²) in [5, 5.41) is 0.943. The van der Waals surface area contributed by atoms with Gasteiger partial charge in [-0.3, -0.25) is 9.78 Å². The Hall–Kier alpha value is -4.26. The van der Waals surface area contributed by atoms with Crippen molar-refractivity contribution in [1.82, 2.24) is 19.4 Å². The fourth-order valence-electron chi connectivity index (χ4n) is 4.16. The third-order valence-electron chi connectivity index (χ3n) is 5.91. The lowest BCUT2D eigenvalue weighted by atomic mass is 10.0. The average molecular weight is 485 g/mol. The summed E-state index contributed by atoms with van der Waals surface area (Å²) in [5.74, 6) is 0.130. The molecule has 0 bridgehead atoms. The maximum atomic E-state index is 14.1. The van der Waals surface area contributed by atoms with Gasteiger partial charge in [0.2, 0.25) is 0 Å². The molecule has 0 saturated heterocycles. The lowest BCUT2D eigenvalue weighted by Gasteiger charge is -2.20. The molecule has 0 aliphatic carbocycles. The molecule has 0 fully saturated rings. The first-order valence-corrected chi connectivity index (χ1v) is 11.6. The molecule has 1 aromatic carbocycles. The summed E-state index contributed by atoms with van der Waals surface area (Å²) in [4.78, 5) is 23.6. The molecule has 4 aromatic rings. The molecule has 4 rings (SSSR count). The number of ether oxygens (including phenoxy) is 1. The zero-order chi connectivity index (χ0) is 25.8. The van der Waals surface area contributed by atoms with Crippen LogP contribution in [0.4, 0.5) is 4.39 Å². The SMILES string of the molecule is C=C/C=C(/c1cc(C)nc2c(OCc3ncc(F)cc3Cn3cccc(C)c3=O)cccc12)N(C)C. The van der Waals surface area contributed by atoms with E-state index in [2.05, 4.69) is 11.6 Å². The van der Waals surface area contributed by atoms with E-state index >= 15 is 0 Å². The van der Waals surface area contributed by atoms with E-state index in [4.69, 9.17) is 9.72 Å². The van der Waals surface area contributed by atoms with Crippen LogP contribution in [-0.4, -0.2) is 33.5 Å². The summed E-state index contributed by atoms with van der Waals surface area (Å²) in [6.07, 6.45) is 6.57. The number of rotatable bonds is 8. The van der Waals surface area contributed by atoms with Crippen molar-refractivity contribution in [2.75, 3.05) is 14.1 Å². The molecule has 3 aromatic heterocycles. The number of pyridine rings is 3. The van der Waals surface area contributed by atoms with Gasteiger partial charge in [0, 0.05) is 48.2 Å². The first-order chi connectivity index (χ1) is 17.3. The average Bonchev–Trinajstić information content (AvgIpc) is 2.84. The second kappa shape index (κ2) is 10.6. The van der Waals surface area contributed by atoms with Crippen molar-refractivity contribution >= 4 is 16.6 Å². The van der Waals surface area contributed by atoms with Gasteiger partial charge in [0.25, 0.3) is 5.56 Å². The topological polar surface area (TPSA) is 60.3 Å². The van der Waals surface area contributed by atoms with Crippen LogP contribution in [0.3, 0.4) is 0 Å². The minimum Gasteiger partial charge on any atom is -0.485 e. The third-order valence-corrected chi connectivity index (χ3v) is 5.91. The quantitative estimate of drug-likeness (QED) is 0.319. The second-order valence-electron chi connectivity index (χ2n) is 8.82.